The maximum atomic E-state index is 12.7. The number of amides is 2. The zero-order chi connectivity index (χ0) is 21.1. The number of piperidine rings is 1. The van der Waals surface area contributed by atoms with Crippen LogP contribution in [0.2, 0.25) is 5.02 Å². The molecule has 1 aromatic heterocycles. The normalized spacial score (nSPS) is 14.7. The number of fused-ring (bicyclic) bond motifs is 1. The Labute approximate surface area is 180 Å². The summed E-state index contributed by atoms with van der Waals surface area (Å²) in [6.07, 6.45) is 1.45. The number of hydrogen-bond donors (Lipinski definition) is 2. The van der Waals surface area contributed by atoms with E-state index < -0.39 is 0 Å². The molecule has 1 saturated heterocycles. The fourth-order valence-electron chi connectivity index (χ4n) is 3.75. The number of hydrogen-bond acceptors (Lipinski definition) is 3. The monoisotopic (exact) mass is 425 g/mol. The molecule has 156 valence electrons. The van der Waals surface area contributed by atoms with Gasteiger partial charge in [-0.1, -0.05) is 17.7 Å². The highest BCUT2D eigenvalue weighted by Gasteiger charge is 2.25. The third-order valence-electron chi connectivity index (χ3n) is 5.36. The minimum atomic E-state index is -0.140. The third kappa shape index (κ3) is 4.44. The Kier molecular flexibility index (Phi) is 5.95. The van der Waals surface area contributed by atoms with Crippen molar-refractivity contribution in [3.05, 3.63) is 64.8 Å². The molecule has 0 aliphatic carbocycles. The first-order valence-corrected chi connectivity index (χ1v) is 10.5. The average molecular weight is 426 g/mol. The number of carbonyl (C=O) groups excluding carboxylic acids is 2. The topological polar surface area (TPSA) is 74.4 Å². The van der Waals surface area contributed by atoms with Gasteiger partial charge in [-0.15, -0.1) is 0 Å². The number of H-pyrrole nitrogens is 1. The zero-order valence-electron chi connectivity index (χ0n) is 16.8. The third-order valence-corrected chi connectivity index (χ3v) is 5.59. The number of aromatic nitrogens is 1. The van der Waals surface area contributed by atoms with Gasteiger partial charge < -0.3 is 19.9 Å². The van der Waals surface area contributed by atoms with E-state index in [1.165, 1.54) is 0 Å². The van der Waals surface area contributed by atoms with Crippen molar-refractivity contribution in [3.63, 3.8) is 0 Å². The van der Waals surface area contributed by atoms with Crippen LogP contribution in [0.1, 0.15) is 40.6 Å². The molecule has 2 N–H and O–H groups in total. The number of nitrogens with one attached hydrogen (secondary N) is 2. The van der Waals surface area contributed by atoms with Gasteiger partial charge in [0.15, 0.2) is 0 Å². The van der Waals surface area contributed by atoms with E-state index in [1.807, 2.05) is 36.1 Å². The SMILES string of the molecule is CCOc1ccc(C(=O)N2CCC(NC(=O)c3cc4ccc(Cl)cc4[nH]3)CC2)cc1. The quantitative estimate of drug-likeness (QED) is 0.641. The van der Waals surface area contributed by atoms with Gasteiger partial charge in [0.2, 0.25) is 0 Å². The Balaban J connectivity index is 1.32. The lowest BCUT2D eigenvalue weighted by atomic mass is 10.0. The van der Waals surface area contributed by atoms with Crippen LogP contribution in [0.5, 0.6) is 5.75 Å². The fourth-order valence-corrected chi connectivity index (χ4v) is 3.93. The summed E-state index contributed by atoms with van der Waals surface area (Å²) < 4.78 is 5.42. The van der Waals surface area contributed by atoms with Gasteiger partial charge in [0.25, 0.3) is 11.8 Å². The number of nitrogens with zero attached hydrogens (tertiary/aromatic N) is 1. The average Bonchev–Trinajstić information content (AvgIpc) is 3.18. The van der Waals surface area contributed by atoms with E-state index in [0.29, 0.717) is 36.0 Å². The Morgan fingerprint density at radius 1 is 1.13 bits per heavy atom. The van der Waals surface area contributed by atoms with Crippen molar-refractivity contribution in [2.75, 3.05) is 19.7 Å². The number of rotatable bonds is 5. The minimum absolute atomic E-state index is 0.00956. The van der Waals surface area contributed by atoms with Gasteiger partial charge in [0.1, 0.15) is 11.4 Å². The molecule has 2 heterocycles. The molecular formula is C23H24ClN3O3. The van der Waals surface area contributed by atoms with Gasteiger partial charge in [-0.3, -0.25) is 9.59 Å². The number of likely N-dealkylation sites (tertiary alicyclic amines) is 1. The van der Waals surface area contributed by atoms with Crippen molar-refractivity contribution in [1.29, 1.82) is 0 Å². The standard InChI is InChI=1S/C23H24ClN3O3/c1-2-30-19-7-4-15(5-8-19)23(29)27-11-9-18(10-12-27)25-22(28)21-13-16-3-6-17(24)14-20(16)26-21/h3-8,13-14,18,26H,2,9-12H2,1H3,(H,25,28). The molecule has 1 aliphatic heterocycles. The molecule has 30 heavy (non-hydrogen) atoms. The van der Waals surface area contributed by atoms with Crippen LogP contribution in [0, 0.1) is 0 Å². The Morgan fingerprint density at radius 2 is 1.87 bits per heavy atom. The first kappa shape index (κ1) is 20.3. The van der Waals surface area contributed by atoms with Crippen molar-refractivity contribution in [3.8, 4) is 5.75 Å². The first-order valence-electron chi connectivity index (χ1n) is 10.1. The second kappa shape index (κ2) is 8.79. The van der Waals surface area contributed by atoms with Crippen LogP contribution in [-0.2, 0) is 0 Å². The van der Waals surface area contributed by atoms with E-state index in [-0.39, 0.29) is 17.9 Å². The van der Waals surface area contributed by atoms with Gasteiger partial charge in [0, 0.05) is 40.6 Å². The molecule has 6 nitrogen and oxygen atoms in total. The molecule has 0 radical (unpaired) electrons. The second-order valence-electron chi connectivity index (χ2n) is 7.41. The van der Waals surface area contributed by atoms with Gasteiger partial charge in [-0.05, 0) is 62.2 Å². The largest absolute Gasteiger partial charge is 0.494 e. The lowest BCUT2D eigenvalue weighted by Crippen LogP contribution is -2.46. The molecule has 0 saturated carbocycles. The molecule has 4 rings (SSSR count). The zero-order valence-corrected chi connectivity index (χ0v) is 17.5. The summed E-state index contributed by atoms with van der Waals surface area (Å²) in [6.45, 7) is 3.74. The predicted molar refractivity (Wildman–Crippen MR) is 117 cm³/mol. The fraction of sp³-hybridized carbons (Fsp3) is 0.304. The van der Waals surface area contributed by atoms with Crippen molar-refractivity contribution in [2.45, 2.75) is 25.8 Å². The van der Waals surface area contributed by atoms with E-state index in [4.69, 9.17) is 16.3 Å². The molecule has 0 bridgehead atoms. The number of carbonyl (C=O) groups is 2. The van der Waals surface area contributed by atoms with Crippen LogP contribution >= 0.6 is 11.6 Å². The highest BCUT2D eigenvalue weighted by Crippen LogP contribution is 2.21. The summed E-state index contributed by atoms with van der Waals surface area (Å²) in [4.78, 5) is 30.3. The molecule has 3 aromatic rings. The van der Waals surface area contributed by atoms with E-state index in [1.54, 1.807) is 24.3 Å². The maximum Gasteiger partial charge on any atom is 0.267 e. The molecule has 1 aliphatic rings. The summed E-state index contributed by atoms with van der Waals surface area (Å²) in [6, 6.07) is 14.6. The van der Waals surface area contributed by atoms with Crippen molar-refractivity contribution < 1.29 is 14.3 Å². The molecule has 2 amide bonds. The highest BCUT2D eigenvalue weighted by molar-refractivity contribution is 6.31. The van der Waals surface area contributed by atoms with Crippen LogP contribution in [0.4, 0.5) is 0 Å². The molecule has 0 unspecified atom stereocenters. The second-order valence-corrected chi connectivity index (χ2v) is 7.85. The summed E-state index contributed by atoms with van der Waals surface area (Å²) in [5.41, 5.74) is 2.00. The Morgan fingerprint density at radius 3 is 2.57 bits per heavy atom. The predicted octanol–water partition coefficient (Wildman–Crippen LogP) is 4.25. The molecule has 1 fully saturated rings. The van der Waals surface area contributed by atoms with Gasteiger partial charge in [-0.2, -0.15) is 0 Å². The van der Waals surface area contributed by atoms with Crippen molar-refractivity contribution >= 4 is 34.3 Å². The number of ether oxygens (including phenoxy) is 1. The molecule has 2 aromatic carbocycles. The van der Waals surface area contributed by atoms with E-state index in [9.17, 15) is 9.59 Å². The summed E-state index contributed by atoms with van der Waals surface area (Å²) in [7, 11) is 0. The van der Waals surface area contributed by atoms with Crippen LogP contribution in [0.25, 0.3) is 10.9 Å². The smallest absolute Gasteiger partial charge is 0.267 e. The van der Waals surface area contributed by atoms with Crippen molar-refractivity contribution in [1.82, 2.24) is 15.2 Å². The summed E-state index contributed by atoms with van der Waals surface area (Å²) in [5, 5.41) is 4.64. The molecular weight excluding hydrogens is 402 g/mol. The lowest BCUT2D eigenvalue weighted by Gasteiger charge is -2.32. The van der Waals surface area contributed by atoms with Crippen LogP contribution in [-0.4, -0.2) is 47.4 Å². The first-order chi connectivity index (χ1) is 14.5. The highest BCUT2D eigenvalue weighted by atomic mass is 35.5. The van der Waals surface area contributed by atoms with Crippen LogP contribution in [0.3, 0.4) is 0 Å². The lowest BCUT2D eigenvalue weighted by molar-refractivity contribution is 0.0697. The van der Waals surface area contributed by atoms with E-state index in [0.717, 1.165) is 29.5 Å². The number of aromatic amines is 1. The maximum absolute atomic E-state index is 12.7. The van der Waals surface area contributed by atoms with Crippen molar-refractivity contribution in [2.24, 2.45) is 0 Å². The van der Waals surface area contributed by atoms with Gasteiger partial charge in [0.05, 0.1) is 6.61 Å². The van der Waals surface area contributed by atoms with Gasteiger partial charge >= 0.3 is 0 Å². The molecule has 7 heteroatoms. The molecule has 0 atom stereocenters. The number of halogens is 1. The minimum Gasteiger partial charge on any atom is -0.494 e. The summed E-state index contributed by atoms with van der Waals surface area (Å²) in [5.74, 6) is 0.628. The van der Waals surface area contributed by atoms with Crippen LogP contribution < -0.4 is 10.1 Å². The van der Waals surface area contributed by atoms with E-state index >= 15 is 0 Å². The summed E-state index contributed by atoms with van der Waals surface area (Å²) >= 11 is 6.01. The Hall–Kier alpha value is -2.99. The Bertz CT molecular complexity index is 1050. The van der Waals surface area contributed by atoms with Crippen LogP contribution in [0.15, 0.2) is 48.5 Å². The van der Waals surface area contributed by atoms with Gasteiger partial charge in [-0.25, -0.2) is 0 Å². The molecule has 0 spiro atoms. The number of benzene rings is 2. The van der Waals surface area contributed by atoms with E-state index in [2.05, 4.69) is 10.3 Å².